The third-order valence-electron chi connectivity index (χ3n) is 4.70. The van der Waals surface area contributed by atoms with Gasteiger partial charge in [-0.3, -0.25) is 4.90 Å². The maximum atomic E-state index is 5.50. The Hall–Kier alpha value is -0.520. The van der Waals surface area contributed by atoms with Crippen molar-refractivity contribution in [3.8, 4) is 12.3 Å². The van der Waals surface area contributed by atoms with Gasteiger partial charge in [0.2, 0.25) is 0 Å². The van der Waals surface area contributed by atoms with Crippen molar-refractivity contribution in [3.05, 3.63) is 0 Å². The predicted octanol–water partition coefficient (Wildman–Crippen LogP) is 2.89. The molecule has 18 heavy (non-hydrogen) atoms. The van der Waals surface area contributed by atoms with Crippen LogP contribution < -0.4 is 5.32 Å². The van der Waals surface area contributed by atoms with Gasteiger partial charge in [-0.15, -0.1) is 12.3 Å². The van der Waals surface area contributed by atoms with Gasteiger partial charge in [-0.05, 0) is 25.7 Å². The van der Waals surface area contributed by atoms with E-state index in [0.717, 1.165) is 19.5 Å². The fraction of sp³-hybridized carbons (Fsp3) is 0.875. The van der Waals surface area contributed by atoms with Crippen LogP contribution in [0.4, 0.5) is 0 Å². The molecule has 2 heteroatoms. The summed E-state index contributed by atoms with van der Waals surface area (Å²) in [6.45, 7) is 13.7. The van der Waals surface area contributed by atoms with Gasteiger partial charge in [0, 0.05) is 37.1 Å². The Balaban J connectivity index is 2.86. The molecule has 1 fully saturated rings. The van der Waals surface area contributed by atoms with E-state index in [0.29, 0.717) is 18.0 Å². The first-order valence-corrected chi connectivity index (χ1v) is 7.44. The largest absolute Gasteiger partial charge is 0.308 e. The molecule has 1 aliphatic heterocycles. The highest BCUT2D eigenvalue weighted by Gasteiger charge is 2.39. The molecule has 2 atom stereocenters. The molecule has 0 aromatic carbocycles. The Morgan fingerprint density at radius 2 is 1.94 bits per heavy atom. The summed E-state index contributed by atoms with van der Waals surface area (Å²) < 4.78 is 0. The second kappa shape index (κ2) is 6.59. The molecule has 0 saturated carbocycles. The van der Waals surface area contributed by atoms with Crippen molar-refractivity contribution in [1.29, 1.82) is 0 Å². The molecule has 0 spiro atoms. The molecule has 2 unspecified atom stereocenters. The number of nitrogens with zero attached hydrogens (tertiary/aromatic N) is 1. The lowest BCUT2D eigenvalue weighted by Crippen LogP contribution is -2.66. The first-order valence-electron chi connectivity index (χ1n) is 7.44. The van der Waals surface area contributed by atoms with Crippen molar-refractivity contribution in [2.75, 3.05) is 13.1 Å². The highest BCUT2D eigenvalue weighted by Crippen LogP contribution is 2.27. The average Bonchev–Trinajstić information content (AvgIpc) is 2.38. The first-order chi connectivity index (χ1) is 8.49. The van der Waals surface area contributed by atoms with Crippen LogP contribution in [-0.4, -0.2) is 35.6 Å². The smallest absolute Gasteiger partial charge is 0.0304 e. The van der Waals surface area contributed by atoms with Gasteiger partial charge in [0.25, 0.3) is 0 Å². The predicted molar refractivity (Wildman–Crippen MR) is 79.6 cm³/mol. The van der Waals surface area contributed by atoms with Crippen LogP contribution in [0.3, 0.4) is 0 Å². The normalized spacial score (nSPS) is 25.9. The summed E-state index contributed by atoms with van der Waals surface area (Å²) in [4.78, 5) is 2.65. The van der Waals surface area contributed by atoms with Gasteiger partial charge in [-0.2, -0.15) is 0 Å². The molecule has 0 amide bonds. The summed E-state index contributed by atoms with van der Waals surface area (Å²) in [7, 11) is 0. The molecular formula is C16H30N2. The van der Waals surface area contributed by atoms with Gasteiger partial charge in [0.1, 0.15) is 0 Å². The number of hydrogen-bond donors (Lipinski definition) is 1. The molecule has 1 saturated heterocycles. The Morgan fingerprint density at radius 1 is 1.33 bits per heavy atom. The lowest BCUT2D eigenvalue weighted by atomic mass is 9.85. The highest BCUT2D eigenvalue weighted by molar-refractivity contribution is 5.01. The van der Waals surface area contributed by atoms with Crippen LogP contribution in [-0.2, 0) is 0 Å². The molecule has 1 aliphatic rings. The SMILES string of the molecule is C#CCC(C)N1CC(CC)(CC)NCC1C(C)C. The third kappa shape index (κ3) is 3.28. The summed E-state index contributed by atoms with van der Waals surface area (Å²) in [5, 5.41) is 3.80. The molecule has 0 aromatic rings. The van der Waals surface area contributed by atoms with Crippen LogP contribution >= 0.6 is 0 Å². The monoisotopic (exact) mass is 250 g/mol. The van der Waals surface area contributed by atoms with Gasteiger partial charge >= 0.3 is 0 Å². The van der Waals surface area contributed by atoms with E-state index in [1.807, 2.05) is 0 Å². The van der Waals surface area contributed by atoms with Crippen LogP contribution in [0.2, 0.25) is 0 Å². The van der Waals surface area contributed by atoms with Crippen molar-refractivity contribution >= 4 is 0 Å². The topological polar surface area (TPSA) is 15.3 Å². The standard InChI is InChI=1S/C16H30N2/c1-7-10-14(6)18-12-16(8-2,9-3)17-11-15(18)13(4)5/h1,13-15,17H,8-12H2,2-6H3. The quantitative estimate of drug-likeness (QED) is 0.755. The maximum Gasteiger partial charge on any atom is 0.0304 e. The van der Waals surface area contributed by atoms with Gasteiger partial charge < -0.3 is 5.32 Å². The van der Waals surface area contributed by atoms with E-state index in [1.165, 1.54) is 12.8 Å². The van der Waals surface area contributed by atoms with E-state index in [2.05, 4.69) is 50.8 Å². The van der Waals surface area contributed by atoms with Crippen molar-refractivity contribution < 1.29 is 0 Å². The first kappa shape index (κ1) is 15.5. The summed E-state index contributed by atoms with van der Waals surface area (Å²) in [5.41, 5.74) is 0.286. The fourth-order valence-electron chi connectivity index (χ4n) is 3.07. The van der Waals surface area contributed by atoms with E-state index in [1.54, 1.807) is 0 Å². The van der Waals surface area contributed by atoms with E-state index < -0.39 is 0 Å². The number of rotatable bonds is 5. The van der Waals surface area contributed by atoms with Crippen molar-refractivity contribution in [3.63, 3.8) is 0 Å². The van der Waals surface area contributed by atoms with E-state index in [-0.39, 0.29) is 5.54 Å². The Kier molecular flexibility index (Phi) is 5.69. The summed E-state index contributed by atoms with van der Waals surface area (Å²) in [6.07, 6.45) is 8.73. The molecule has 1 N–H and O–H groups in total. The van der Waals surface area contributed by atoms with Crippen molar-refractivity contribution in [1.82, 2.24) is 10.2 Å². The number of nitrogens with one attached hydrogen (secondary N) is 1. The highest BCUT2D eigenvalue weighted by atomic mass is 15.3. The molecule has 1 heterocycles. The lowest BCUT2D eigenvalue weighted by Gasteiger charge is -2.51. The van der Waals surface area contributed by atoms with Crippen LogP contribution in [0.25, 0.3) is 0 Å². The van der Waals surface area contributed by atoms with E-state index in [9.17, 15) is 0 Å². The molecule has 1 rings (SSSR count). The molecule has 0 aromatic heterocycles. The minimum absolute atomic E-state index is 0.286. The van der Waals surface area contributed by atoms with Crippen LogP contribution in [0.5, 0.6) is 0 Å². The fourth-order valence-corrected chi connectivity index (χ4v) is 3.07. The van der Waals surface area contributed by atoms with Gasteiger partial charge in [-0.1, -0.05) is 27.7 Å². The van der Waals surface area contributed by atoms with Gasteiger partial charge in [0.05, 0.1) is 0 Å². The van der Waals surface area contributed by atoms with Gasteiger partial charge in [-0.25, -0.2) is 0 Å². The Bertz CT molecular complexity index is 286. The molecule has 2 nitrogen and oxygen atoms in total. The number of piperazine rings is 1. The van der Waals surface area contributed by atoms with Crippen LogP contribution in [0, 0.1) is 18.3 Å². The molecular weight excluding hydrogens is 220 g/mol. The van der Waals surface area contributed by atoms with Crippen LogP contribution in [0.15, 0.2) is 0 Å². The Morgan fingerprint density at radius 3 is 2.39 bits per heavy atom. The van der Waals surface area contributed by atoms with Crippen molar-refractivity contribution in [2.24, 2.45) is 5.92 Å². The minimum atomic E-state index is 0.286. The van der Waals surface area contributed by atoms with E-state index in [4.69, 9.17) is 6.42 Å². The average molecular weight is 250 g/mol. The summed E-state index contributed by atoms with van der Waals surface area (Å²) >= 11 is 0. The third-order valence-corrected chi connectivity index (χ3v) is 4.70. The summed E-state index contributed by atoms with van der Waals surface area (Å²) in [6, 6.07) is 1.10. The maximum absolute atomic E-state index is 5.50. The van der Waals surface area contributed by atoms with Gasteiger partial charge in [0.15, 0.2) is 0 Å². The van der Waals surface area contributed by atoms with Crippen molar-refractivity contribution in [2.45, 2.75) is 71.5 Å². The lowest BCUT2D eigenvalue weighted by molar-refractivity contribution is 0.0235. The molecule has 0 aliphatic carbocycles. The molecule has 104 valence electrons. The number of hydrogen-bond acceptors (Lipinski definition) is 2. The summed E-state index contributed by atoms with van der Waals surface area (Å²) in [5.74, 6) is 3.50. The molecule has 0 bridgehead atoms. The zero-order valence-corrected chi connectivity index (χ0v) is 12.8. The second-order valence-corrected chi connectivity index (χ2v) is 6.11. The second-order valence-electron chi connectivity index (χ2n) is 6.11. The van der Waals surface area contributed by atoms with E-state index >= 15 is 0 Å². The van der Waals surface area contributed by atoms with Crippen LogP contribution in [0.1, 0.15) is 53.9 Å². The zero-order chi connectivity index (χ0) is 13.8. The molecule has 0 radical (unpaired) electrons. The zero-order valence-electron chi connectivity index (χ0n) is 12.8. The number of terminal acetylenes is 1. The Labute approximate surface area is 114 Å². The minimum Gasteiger partial charge on any atom is -0.308 e.